The van der Waals surface area contributed by atoms with Gasteiger partial charge in [0.15, 0.2) is 0 Å². The Morgan fingerprint density at radius 2 is 2.00 bits per heavy atom. The SMILES string of the molecule is O=C(O)CN(C(=O)N1CCC(O)C1)C1CC1. The van der Waals surface area contributed by atoms with Crippen molar-refractivity contribution in [2.45, 2.75) is 31.4 Å². The molecule has 0 aromatic heterocycles. The second kappa shape index (κ2) is 4.29. The summed E-state index contributed by atoms with van der Waals surface area (Å²) in [5, 5.41) is 18.1. The molecule has 16 heavy (non-hydrogen) atoms. The zero-order valence-electron chi connectivity index (χ0n) is 9.00. The normalized spacial score (nSPS) is 24.6. The predicted molar refractivity (Wildman–Crippen MR) is 55.0 cm³/mol. The summed E-state index contributed by atoms with van der Waals surface area (Å²) >= 11 is 0. The molecule has 1 unspecified atom stereocenters. The minimum Gasteiger partial charge on any atom is -0.480 e. The fraction of sp³-hybridized carbons (Fsp3) is 0.800. The summed E-state index contributed by atoms with van der Waals surface area (Å²) < 4.78 is 0. The predicted octanol–water partition coefficient (Wildman–Crippen LogP) is -0.278. The molecule has 0 aromatic carbocycles. The summed E-state index contributed by atoms with van der Waals surface area (Å²) in [6, 6.07) is -0.164. The first kappa shape index (κ1) is 11.2. The number of carbonyl (C=O) groups excluding carboxylic acids is 1. The van der Waals surface area contributed by atoms with Gasteiger partial charge in [-0.2, -0.15) is 0 Å². The van der Waals surface area contributed by atoms with E-state index >= 15 is 0 Å². The molecule has 1 saturated carbocycles. The van der Waals surface area contributed by atoms with Crippen LogP contribution in [0.25, 0.3) is 0 Å². The highest BCUT2D eigenvalue weighted by molar-refractivity contribution is 5.81. The average Bonchev–Trinajstić information content (AvgIpc) is 2.96. The van der Waals surface area contributed by atoms with E-state index in [-0.39, 0.29) is 18.6 Å². The Morgan fingerprint density at radius 1 is 1.31 bits per heavy atom. The Bertz CT molecular complexity index is 303. The monoisotopic (exact) mass is 228 g/mol. The molecule has 6 heteroatoms. The average molecular weight is 228 g/mol. The molecule has 2 amide bonds. The molecule has 0 radical (unpaired) electrons. The van der Waals surface area contributed by atoms with E-state index in [1.54, 1.807) is 0 Å². The fourth-order valence-corrected chi connectivity index (χ4v) is 1.98. The van der Waals surface area contributed by atoms with Crippen molar-refractivity contribution < 1.29 is 19.8 Å². The van der Waals surface area contributed by atoms with Crippen molar-refractivity contribution in [3.8, 4) is 0 Å². The van der Waals surface area contributed by atoms with Crippen molar-refractivity contribution in [2.75, 3.05) is 19.6 Å². The Kier molecular flexibility index (Phi) is 3.00. The topological polar surface area (TPSA) is 81.1 Å². The molecule has 6 nitrogen and oxygen atoms in total. The third-order valence-corrected chi connectivity index (χ3v) is 2.97. The zero-order chi connectivity index (χ0) is 11.7. The first-order chi connectivity index (χ1) is 7.58. The van der Waals surface area contributed by atoms with Crippen molar-refractivity contribution in [1.29, 1.82) is 0 Å². The van der Waals surface area contributed by atoms with Crippen LogP contribution >= 0.6 is 0 Å². The van der Waals surface area contributed by atoms with Crippen LogP contribution in [0.5, 0.6) is 0 Å². The van der Waals surface area contributed by atoms with Crippen molar-refractivity contribution in [2.24, 2.45) is 0 Å². The molecular formula is C10H16N2O4. The molecule has 1 heterocycles. The number of carboxylic acids is 1. The highest BCUT2D eigenvalue weighted by atomic mass is 16.4. The van der Waals surface area contributed by atoms with Gasteiger partial charge in [-0.05, 0) is 19.3 Å². The number of carboxylic acid groups (broad SMARTS) is 1. The lowest BCUT2D eigenvalue weighted by Gasteiger charge is -2.26. The number of nitrogens with zero attached hydrogens (tertiary/aromatic N) is 2. The van der Waals surface area contributed by atoms with Crippen LogP contribution < -0.4 is 0 Å². The minimum atomic E-state index is -0.986. The summed E-state index contributed by atoms with van der Waals surface area (Å²) in [5.74, 6) is -0.986. The largest absolute Gasteiger partial charge is 0.480 e. The summed E-state index contributed by atoms with van der Waals surface area (Å²) in [4.78, 5) is 25.6. The van der Waals surface area contributed by atoms with E-state index in [2.05, 4.69) is 0 Å². The number of hydrogen-bond acceptors (Lipinski definition) is 3. The summed E-state index contributed by atoms with van der Waals surface area (Å²) in [6.45, 7) is 0.598. The van der Waals surface area contributed by atoms with Gasteiger partial charge in [-0.25, -0.2) is 4.79 Å². The molecule has 1 aliphatic heterocycles. The number of aliphatic carboxylic acids is 1. The van der Waals surface area contributed by atoms with Crippen LogP contribution in [-0.2, 0) is 4.79 Å². The van der Waals surface area contributed by atoms with E-state index in [9.17, 15) is 14.7 Å². The number of likely N-dealkylation sites (tertiary alicyclic amines) is 1. The summed E-state index contributed by atoms with van der Waals surface area (Å²) in [6.07, 6.45) is 1.89. The molecule has 0 aromatic rings. The standard InChI is InChI=1S/C10H16N2O4/c13-8-3-4-11(5-8)10(16)12(6-9(14)15)7-1-2-7/h7-8,13H,1-6H2,(H,14,15). The molecule has 0 bridgehead atoms. The van der Waals surface area contributed by atoms with Gasteiger partial charge < -0.3 is 20.0 Å². The molecule has 0 spiro atoms. The van der Waals surface area contributed by atoms with E-state index in [1.807, 2.05) is 0 Å². The lowest BCUT2D eigenvalue weighted by atomic mass is 10.3. The van der Waals surface area contributed by atoms with Crippen LogP contribution in [0.1, 0.15) is 19.3 Å². The first-order valence-electron chi connectivity index (χ1n) is 5.53. The van der Waals surface area contributed by atoms with Crippen LogP contribution in [-0.4, -0.2) is 63.8 Å². The van der Waals surface area contributed by atoms with Gasteiger partial charge in [0.05, 0.1) is 6.10 Å². The van der Waals surface area contributed by atoms with E-state index in [1.165, 1.54) is 9.80 Å². The maximum Gasteiger partial charge on any atom is 0.323 e. The third kappa shape index (κ3) is 2.44. The fourth-order valence-electron chi connectivity index (χ4n) is 1.98. The minimum absolute atomic E-state index is 0.0846. The number of amides is 2. The van der Waals surface area contributed by atoms with Gasteiger partial charge in [0.1, 0.15) is 6.54 Å². The maximum absolute atomic E-state index is 12.0. The first-order valence-corrected chi connectivity index (χ1v) is 5.53. The molecule has 2 N–H and O–H groups in total. The van der Waals surface area contributed by atoms with Crippen molar-refractivity contribution in [1.82, 2.24) is 9.80 Å². The number of aliphatic hydroxyl groups excluding tert-OH is 1. The molecule has 2 fully saturated rings. The van der Waals surface area contributed by atoms with Crippen molar-refractivity contribution in [3.05, 3.63) is 0 Å². The quantitative estimate of drug-likeness (QED) is 0.696. The second-order valence-electron chi connectivity index (χ2n) is 4.42. The van der Waals surface area contributed by atoms with Gasteiger partial charge >= 0.3 is 12.0 Å². The summed E-state index contributed by atoms with van der Waals surface area (Å²) in [5.41, 5.74) is 0. The Hall–Kier alpha value is -1.30. The Balaban J connectivity index is 1.96. The van der Waals surface area contributed by atoms with Crippen LogP contribution in [0.3, 0.4) is 0 Å². The van der Waals surface area contributed by atoms with Crippen LogP contribution in [0, 0.1) is 0 Å². The van der Waals surface area contributed by atoms with Crippen molar-refractivity contribution >= 4 is 12.0 Å². The number of β-amino-alcohol motifs (C(OH)–C–C–N with tert-alkyl or cyclic N) is 1. The second-order valence-corrected chi connectivity index (χ2v) is 4.42. The number of carbonyl (C=O) groups is 2. The number of hydrogen-bond donors (Lipinski definition) is 2. The highest BCUT2D eigenvalue weighted by Gasteiger charge is 2.37. The lowest BCUT2D eigenvalue weighted by molar-refractivity contribution is -0.137. The van der Waals surface area contributed by atoms with Crippen LogP contribution in [0.4, 0.5) is 4.79 Å². The molecule has 1 aliphatic carbocycles. The summed E-state index contributed by atoms with van der Waals surface area (Å²) in [7, 11) is 0. The number of aliphatic hydroxyl groups is 1. The molecule has 2 aliphatic rings. The van der Waals surface area contributed by atoms with E-state index in [0.29, 0.717) is 19.5 Å². The molecule has 90 valence electrons. The van der Waals surface area contributed by atoms with E-state index in [0.717, 1.165) is 12.8 Å². The van der Waals surface area contributed by atoms with Gasteiger partial charge in [0, 0.05) is 19.1 Å². The Labute approximate surface area is 93.4 Å². The molecular weight excluding hydrogens is 212 g/mol. The third-order valence-electron chi connectivity index (χ3n) is 2.97. The highest BCUT2D eigenvalue weighted by Crippen LogP contribution is 2.28. The number of urea groups is 1. The van der Waals surface area contributed by atoms with Crippen LogP contribution in [0.2, 0.25) is 0 Å². The molecule has 1 saturated heterocycles. The van der Waals surface area contributed by atoms with E-state index in [4.69, 9.17) is 5.11 Å². The Morgan fingerprint density at radius 3 is 2.44 bits per heavy atom. The zero-order valence-corrected chi connectivity index (χ0v) is 9.00. The van der Waals surface area contributed by atoms with Gasteiger partial charge in [0.2, 0.25) is 0 Å². The smallest absolute Gasteiger partial charge is 0.323 e. The van der Waals surface area contributed by atoms with E-state index < -0.39 is 12.1 Å². The number of rotatable bonds is 3. The van der Waals surface area contributed by atoms with Gasteiger partial charge in [-0.1, -0.05) is 0 Å². The van der Waals surface area contributed by atoms with Crippen LogP contribution in [0.15, 0.2) is 0 Å². The maximum atomic E-state index is 12.0. The lowest BCUT2D eigenvalue weighted by Crippen LogP contribution is -2.45. The van der Waals surface area contributed by atoms with Gasteiger partial charge in [-0.3, -0.25) is 4.79 Å². The van der Waals surface area contributed by atoms with Gasteiger partial charge in [-0.15, -0.1) is 0 Å². The molecule has 2 rings (SSSR count). The van der Waals surface area contributed by atoms with Crippen molar-refractivity contribution in [3.63, 3.8) is 0 Å². The molecule has 1 atom stereocenters. The van der Waals surface area contributed by atoms with Gasteiger partial charge in [0.25, 0.3) is 0 Å².